The van der Waals surface area contributed by atoms with E-state index in [1.54, 1.807) is 0 Å². The van der Waals surface area contributed by atoms with Crippen molar-refractivity contribution in [2.75, 3.05) is 13.2 Å². The van der Waals surface area contributed by atoms with E-state index in [-0.39, 0.29) is 44.0 Å². The van der Waals surface area contributed by atoms with Gasteiger partial charge in [-0.2, -0.15) is 0 Å². The molecule has 0 N–H and O–H groups in total. The van der Waals surface area contributed by atoms with Gasteiger partial charge in [-0.15, -0.1) is 0 Å². The van der Waals surface area contributed by atoms with Crippen LogP contribution >= 0.6 is 0 Å². The Balaban J connectivity index is 4.63. The summed E-state index contributed by atoms with van der Waals surface area (Å²) in [6.45, 7) is 6.16. The van der Waals surface area contributed by atoms with Crippen molar-refractivity contribution in [2.24, 2.45) is 0 Å². The molecule has 0 rings (SSSR count). The number of hydrogen-bond donors (Lipinski definition) is 0. The lowest BCUT2D eigenvalue weighted by Gasteiger charge is -2.18. The average Bonchev–Trinajstić information content (AvgIpc) is 3.33. The van der Waals surface area contributed by atoms with Gasteiger partial charge in [-0.25, -0.2) is 0 Å². The number of hydrogen-bond acceptors (Lipinski definition) is 6. The van der Waals surface area contributed by atoms with Crippen LogP contribution in [0.3, 0.4) is 0 Å². The quantitative estimate of drug-likeness (QED) is 0.0262. The smallest absolute Gasteiger partial charge is 0.306 e. The van der Waals surface area contributed by atoms with Crippen molar-refractivity contribution in [1.29, 1.82) is 0 Å². The highest BCUT2D eigenvalue weighted by atomic mass is 16.6. The predicted octanol–water partition coefficient (Wildman–Crippen LogP) is 17.4. The van der Waals surface area contributed by atoms with Gasteiger partial charge >= 0.3 is 17.9 Å². The van der Waals surface area contributed by atoms with E-state index in [0.29, 0.717) is 19.3 Å². The van der Waals surface area contributed by atoms with E-state index in [4.69, 9.17) is 14.2 Å². The van der Waals surface area contributed by atoms with E-state index in [9.17, 15) is 14.4 Å². The molecule has 0 aromatic carbocycles. The van der Waals surface area contributed by atoms with E-state index in [1.807, 2.05) is 0 Å². The Morgan fingerprint density at radius 1 is 0.299 bits per heavy atom. The van der Waals surface area contributed by atoms with Crippen molar-refractivity contribution < 1.29 is 28.6 Å². The lowest BCUT2D eigenvalue weighted by molar-refractivity contribution is -0.167. The van der Waals surface area contributed by atoms with Crippen LogP contribution in [0, 0.1) is 0 Å². The van der Waals surface area contributed by atoms with Crippen molar-refractivity contribution in [3.8, 4) is 0 Å². The highest BCUT2D eigenvalue weighted by Gasteiger charge is 2.19. The van der Waals surface area contributed by atoms with E-state index in [1.165, 1.54) is 0 Å². The minimum atomic E-state index is -0.841. The number of unbranched alkanes of at least 4 members (excludes halogenated alkanes) is 7. The fourth-order valence-corrected chi connectivity index (χ4v) is 6.22. The summed E-state index contributed by atoms with van der Waals surface area (Å²) in [6, 6.07) is 0. The van der Waals surface area contributed by atoms with Crippen LogP contribution in [-0.2, 0) is 28.6 Å². The topological polar surface area (TPSA) is 78.9 Å². The SMILES string of the molecule is CC/C=C\C/C=C\C/C=C\C/C=C\C/C=C\CCCC(=O)OC[C@H](COC(=O)CCCCCC/C=C\C/C=C\C/C=C\C/C=C\CC)OC(=O)CCCC/C=C\C/C=C\C/C=C\C/C=C\CC. The molecule has 6 nitrogen and oxygen atoms in total. The van der Waals surface area contributed by atoms with Crippen molar-refractivity contribution in [2.45, 2.75) is 194 Å². The number of carbonyl (C=O) groups excluding carboxylic acids is 3. The van der Waals surface area contributed by atoms with Crippen LogP contribution < -0.4 is 0 Å². The molecule has 0 heterocycles. The minimum absolute atomic E-state index is 0.133. The molecule has 0 saturated carbocycles. The zero-order valence-corrected chi connectivity index (χ0v) is 42.3. The van der Waals surface area contributed by atoms with Crippen molar-refractivity contribution in [3.63, 3.8) is 0 Å². The van der Waals surface area contributed by atoms with Gasteiger partial charge in [0.2, 0.25) is 0 Å². The molecule has 0 radical (unpaired) electrons. The fraction of sp³-hybridized carbons (Fsp3) is 0.525. The largest absolute Gasteiger partial charge is 0.462 e. The third-order valence-electron chi connectivity index (χ3n) is 10.0. The van der Waals surface area contributed by atoms with Crippen molar-refractivity contribution >= 4 is 17.9 Å². The average molecular weight is 921 g/mol. The zero-order valence-electron chi connectivity index (χ0n) is 42.3. The number of rotatable bonds is 44. The normalized spacial score (nSPS) is 13.4. The highest BCUT2D eigenvalue weighted by Crippen LogP contribution is 2.10. The van der Waals surface area contributed by atoms with Crippen LogP contribution in [-0.4, -0.2) is 37.2 Å². The van der Waals surface area contributed by atoms with Crippen molar-refractivity contribution in [1.82, 2.24) is 0 Å². The molecule has 0 aliphatic rings. The summed E-state index contributed by atoms with van der Waals surface area (Å²) in [5.74, 6) is -1.07. The molecule has 0 aliphatic carbocycles. The molecule has 0 unspecified atom stereocenters. The molecule has 67 heavy (non-hydrogen) atoms. The van der Waals surface area contributed by atoms with Crippen LogP contribution in [0.2, 0.25) is 0 Å². The van der Waals surface area contributed by atoms with E-state index in [0.717, 1.165) is 135 Å². The first-order chi connectivity index (χ1) is 33.0. The molecule has 0 aromatic heterocycles. The standard InChI is InChI=1S/C61H92O6/c1-4-7-10-13-16-19-22-25-28-30-33-35-38-41-44-47-50-53-59(62)65-56-58(67-61(64)55-52-49-46-43-40-37-32-27-24-21-18-15-12-9-6-3)57-66-60(63)54-51-48-45-42-39-36-34-31-29-26-23-20-17-14-11-8-5-2/h7-12,16-21,25-29,32-36,40-41,43-44,58H,4-6,13-15,22-24,30-31,37-39,42,45-57H2,1-3H3/b10-7-,11-8-,12-9-,19-16-,20-17-,21-18-,28-25-,29-26-,32-27-,35-33-,36-34-,43-40-,44-41-/t58-/m1/s1. The molecule has 0 aromatic rings. The first-order valence-electron chi connectivity index (χ1n) is 26.0. The number of esters is 3. The Kier molecular flexibility index (Phi) is 49.7. The number of carbonyl (C=O) groups is 3. The van der Waals surface area contributed by atoms with Gasteiger partial charge in [0.05, 0.1) is 0 Å². The van der Waals surface area contributed by atoms with Crippen LogP contribution in [0.1, 0.15) is 188 Å². The van der Waals surface area contributed by atoms with Gasteiger partial charge in [-0.1, -0.05) is 192 Å². The van der Waals surface area contributed by atoms with Gasteiger partial charge in [0.15, 0.2) is 6.10 Å². The van der Waals surface area contributed by atoms with Gasteiger partial charge < -0.3 is 14.2 Å². The Hall–Kier alpha value is -4.97. The number of ether oxygens (including phenoxy) is 3. The first-order valence-corrected chi connectivity index (χ1v) is 26.0. The monoisotopic (exact) mass is 921 g/mol. The van der Waals surface area contributed by atoms with Crippen LogP contribution in [0.15, 0.2) is 158 Å². The zero-order chi connectivity index (χ0) is 48.6. The molecule has 0 amide bonds. The third kappa shape index (κ3) is 51.9. The maximum Gasteiger partial charge on any atom is 0.306 e. The van der Waals surface area contributed by atoms with Gasteiger partial charge in [0.25, 0.3) is 0 Å². The van der Waals surface area contributed by atoms with E-state index < -0.39 is 6.10 Å². The summed E-state index contributed by atoms with van der Waals surface area (Å²) in [7, 11) is 0. The molecule has 1 atom stereocenters. The van der Waals surface area contributed by atoms with Gasteiger partial charge in [-0.05, 0) is 135 Å². The van der Waals surface area contributed by atoms with E-state index >= 15 is 0 Å². The minimum Gasteiger partial charge on any atom is -0.462 e. The predicted molar refractivity (Wildman–Crippen MR) is 288 cm³/mol. The lowest BCUT2D eigenvalue weighted by Crippen LogP contribution is -2.30. The molecule has 0 aliphatic heterocycles. The van der Waals surface area contributed by atoms with Gasteiger partial charge in [0, 0.05) is 19.3 Å². The molecule has 0 spiro atoms. The maximum atomic E-state index is 12.8. The van der Waals surface area contributed by atoms with Crippen molar-refractivity contribution in [3.05, 3.63) is 158 Å². The van der Waals surface area contributed by atoms with Gasteiger partial charge in [0.1, 0.15) is 13.2 Å². The summed E-state index contributed by atoms with van der Waals surface area (Å²) in [5, 5.41) is 0. The molecule has 0 saturated heterocycles. The summed E-state index contributed by atoms with van der Waals surface area (Å²) in [6.07, 6.45) is 78.0. The summed E-state index contributed by atoms with van der Waals surface area (Å²) in [4.78, 5) is 38.0. The molecular formula is C61H92O6. The lowest BCUT2D eigenvalue weighted by atomic mass is 10.1. The van der Waals surface area contributed by atoms with Crippen LogP contribution in [0.5, 0.6) is 0 Å². The summed E-state index contributed by atoms with van der Waals surface area (Å²) >= 11 is 0. The second kappa shape index (κ2) is 53.6. The molecule has 0 fully saturated rings. The van der Waals surface area contributed by atoms with E-state index in [2.05, 4.69) is 179 Å². The summed E-state index contributed by atoms with van der Waals surface area (Å²) < 4.78 is 16.7. The molecule has 372 valence electrons. The highest BCUT2D eigenvalue weighted by molar-refractivity contribution is 5.71. The second-order valence-corrected chi connectivity index (χ2v) is 16.3. The summed E-state index contributed by atoms with van der Waals surface area (Å²) in [5.41, 5.74) is 0. The fourth-order valence-electron chi connectivity index (χ4n) is 6.22. The third-order valence-corrected chi connectivity index (χ3v) is 10.0. The Labute approximate surface area is 409 Å². The van der Waals surface area contributed by atoms with Crippen LogP contribution in [0.4, 0.5) is 0 Å². The Morgan fingerprint density at radius 3 is 0.910 bits per heavy atom. The number of allylic oxidation sites excluding steroid dienone is 26. The van der Waals surface area contributed by atoms with Gasteiger partial charge in [-0.3, -0.25) is 14.4 Å². The van der Waals surface area contributed by atoms with Crippen LogP contribution in [0.25, 0.3) is 0 Å². The molecular weight excluding hydrogens is 829 g/mol. The molecule has 6 heteroatoms. The maximum absolute atomic E-state index is 12.8. The first kappa shape index (κ1) is 62.0. The Morgan fingerprint density at radius 2 is 0.552 bits per heavy atom. The molecule has 0 bridgehead atoms. The second-order valence-electron chi connectivity index (χ2n) is 16.3. The Bertz CT molecular complexity index is 1570.